The zero-order valence-corrected chi connectivity index (χ0v) is 11.4. The van der Waals surface area contributed by atoms with E-state index in [9.17, 15) is 4.79 Å². The van der Waals surface area contributed by atoms with Crippen molar-refractivity contribution < 1.29 is 4.79 Å². The third-order valence-electron chi connectivity index (χ3n) is 2.62. The largest absolute Gasteiger partial charge is 0.326 e. The van der Waals surface area contributed by atoms with Gasteiger partial charge in [-0.15, -0.1) is 0 Å². The van der Waals surface area contributed by atoms with E-state index >= 15 is 0 Å². The minimum atomic E-state index is -0.00629. The lowest BCUT2D eigenvalue weighted by atomic mass is 10.1. The fraction of sp³-hybridized carbons (Fsp3) is 0.214. The van der Waals surface area contributed by atoms with Crippen molar-refractivity contribution in [3.8, 4) is 0 Å². The summed E-state index contributed by atoms with van der Waals surface area (Å²) >= 11 is 3.51. The van der Waals surface area contributed by atoms with Crippen LogP contribution >= 0.6 is 15.9 Å². The molecule has 0 aliphatic heterocycles. The molecule has 0 spiro atoms. The number of fused-ring (bicyclic) bond motifs is 1. The maximum Gasteiger partial charge on any atom is 0.226 e. The second-order valence-electron chi connectivity index (χ2n) is 4.32. The number of benzene rings is 2. The van der Waals surface area contributed by atoms with E-state index < -0.39 is 0 Å². The molecule has 1 N–H and O–H groups in total. The number of hydrogen-bond acceptors (Lipinski definition) is 1. The zero-order chi connectivity index (χ0) is 12.4. The molecule has 0 heterocycles. The Bertz CT molecular complexity index is 563. The molecule has 0 radical (unpaired) electrons. The van der Waals surface area contributed by atoms with Gasteiger partial charge in [0, 0.05) is 16.1 Å². The second-order valence-corrected chi connectivity index (χ2v) is 5.17. The Hall–Kier alpha value is -1.35. The van der Waals surface area contributed by atoms with Crippen molar-refractivity contribution >= 4 is 38.3 Å². The van der Waals surface area contributed by atoms with Gasteiger partial charge in [-0.1, -0.05) is 48.0 Å². The first-order chi connectivity index (χ1) is 8.08. The van der Waals surface area contributed by atoms with Crippen molar-refractivity contribution in [1.29, 1.82) is 0 Å². The van der Waals surface area contributed by atoms with Crippen LogP contribution in [0, 0.1) is 5.92 Å². The summed E-state index contributed by atoms with van der Waals surface area (Å²) in [4.78, 5) is 11.6. The molecule has 0 fully saturated rings. The predicted molar refractivity (Wildman–Crippen MR) is 75.1 cm³/mol. The molecular weight excluding hydrogens is 278 g/mol. The standard InChI is InChI=1S/C14H14BrNO/c1-9(2)14(17)16-11-6-7-12-10(8-11)4-3-5-13(12)15/h3-9H,1-2H3,(H,16,17). The number of rotatable bonds is 2. The van der Waals surface area contributed by atoms with Crippen LogP contribution in [0.3, 0.4) is 0 Å². The minimum Gasteiger partial charge on any atom is -0.326 e. The molecule has 0 aliphatic carbocycles. The summed E-state index contributed by atoms with van der Waals surface area (Å²) in [5, 5.41) is 5.16. The lowest BCUT2D eigenvalue weighted by Gasteiger charge is -2.09. The Balaban J connectivity index is 2.35. The first-order valence-corrected chi connectivity index (χ1v) is 6.36. The van der Waals surface area contributed by atoms with Crippen molar-refractivity contribution in [2.45, 2.75) is 13.8 Å². The normalized spacial score (nSPS) is 10.8. The van der Waals surface area contributed by atoms with Gasteiger partial charge in [-0.25, -0.2) is 0 Å². The number of halogens is 1. The van der Waals surface area contributed by atoms with Gasteiger partial charge < -0.3 is 5.32 Å². The highest BCUT2D eigenvalue weighted by Crippen LogP contribution is 2.26. The van der Waals surface area contributed by atoms with E-state index in [0.29, 0.717) is 0 Å². The van der Waals surface area contributed by atoms with Gasteiger partial charge in [0.25, 0.3) is 0 Å². The first-order valence-electron chi connectivity index (χ1n) is 5.57. The third kappa shape index (κ3) is 2.67. The second kappa shape index (κ2) is 4.88. The van der Waals surface area contributed by atoms with E-state index in [1.807, 2.05) is 50.2 Å². The molecular formula is C14H14BrNO. The maximum absolute atomic E-state index is 11.6. The molecule has 2 aromatic rings. The van der Waals surface area contributed by atoms with Gasteiger partial charge >= 0.3 is 0 Å². The zero-order valence-electron chi connectivity index (χ0n) is 9.83. The van der Waals surface area contributed by atoms with Crippen molar-refractivity contribution in [1.82, 2.24) is 0 Å². The molecule has 0 aromatic heterocycles. The monoisotopic (exact) mass is 291 g/mol. The quantitative estimate of drug-likeness (QED) is 0.883. The molecule has 0 saturated carbocycles. The van der Waals surface area contributed by atoms with Crippen LogP contribution in [0.4, 0.5) is 5.69 Å². The molecule has 2 aromatic carbocycles. The van der Waals surface area contributed by atoms with Crippen LogP contribution in [0.1, 0.15) is 13.8 Å². The molecule has 0 bridgehead atoms. The maximum atomic E-state index is 11.6. The summed E-state index contributed by atoms with van der Waals surface area (Å²) in [6, 6.07) is 11.9. The summed E-state index contributed by atoms with van der Waals surface area (Å²) in [6.07, 6.45) is 0. The smallest absolute Gasteiger partial charge is 0.226 e. The molecule has 17 heavy (non-hydrogen) atoms. The van der Waals surface area contributed by atoms with E-state index in [4.69, 9.17) is 0 Å². The van der Waals surface area contributed by atoms with Crippen LogP contribution in [0.25, 0.3) is 10.8 Å². The van der Waals surface area contributed by atoms with Gasteiger partial charge in [0.1, 0.15) is 0 Å². The molecule has 0 saturated heterocycles. The Kier molecular flexibility index (Phi) is 3.48. The lowest BCUT2D eigenvalue weighted by Crippen LogP contribution is -2.17. The third-order valence-corrected chi connectivity index (χ3v) is 3.31. The van der Waals surface area contributed by atoms with Crippen LogP contribution in [0.15, 0.2) is 40.9 Å². The van der Waals surface area contributed by atoms with Crippen LogP contribution < -0.4 is 5.32 Å². The van der Waals surface area contributed by atoms with E-state index in [2.05, 4.69) is 21.2 Å². The molecule has 0 aliphatic rings. The van der Waals surface area contributed by atoms with Gasteiger partial charge in [0.15, 0.2) is 0 Å². The Morgan fingerprint density at radius 1 is 1.24 bits per heavy atom. The number of hydrogen-bond donors (Lipinski definition) is 1. The van der Waals surface area contributed by atoms with Gasteiger partial charge in [-0.3, -0.25) is 4.79 Å². The fourth-order valence-corrected chi connectivity index (χ4v) is 2.12. The summed E-state index contributed by atoms with van der Waals surface area (Å²) in [6.45, 7) is 3.76. The molecule has 88 valence electrons. The molecule has 0 atom stereocenters. The van der Waals surface area contributed by atoms with E-state index in [0.717, 1.165) is 20.9 Å². The van der Waals surface area contributed by atoms with E-state index in [1.165, 1.54) is 0 Å². The van der Waals surface area contributed by atoms with Crippen molar-refractivity contribution in [3.05, 3.63) is 40.9 Å². The SMILES string of the molecule is CC(C)C(=O)Nc1ccc2c(Br)cccc2c1. The molecule has 2 rings (SSSR count). The first kappa shape index (κ1) is 12.1. The van der Waals surface area contributed by atoms with Crippen molar-refractivity contribution in [2.24, 2.45) is 5.92 Å². The van der Waals surface area contributed by atoms with Crippen molar-refractivity contribution in [2.75, 3.05) is 5.32 Å². The van der Waals surface area contributed by atoms with Gasteiger partial charge in [0.05, 0.1) is 0 Å². The summed E-state index contributed by atoms with van der Waals surface area (Å²) in [5.41, 5.74) is 0.842. The highest BCUT2D eigenvalue weighted by molar-refractivity contribution is 9.10. The van der Waals surface area contributed by atoms with Crippen molar-refractivity contribution in [3.63, 3.8) is 0 Å². The lowest BCUT2D eigenvalue weighted by molar-refractivity contribution is -0.118. The summed E-state index contributed by atoms with van der Waals surface area (Å²) in [5.74, 6) is 0.0348. The van der Waals surface area contributed by atoms with Crippen LogP contribution in [0.5, 0.6) is 0 Å². The average molecular weight is 292 g/mol. The fourth-order valence-electron chi connectivity index (χ4n) is 1.61. The average Bonchev–Trinajstić information content (AvgIpc) is 2.29. The van der Waals surface area contributed by atoms with E-state index in [1.54, 1.807) is 0 Å². The molecule has 1 amide bonds. The Labute approximate surface area is 109 Å². The predicted octanol–water partition coefficient (Wildman–Crippen LogP) is 4.20. The Morgan fingerprint density at radius 3 is 2.71 bits per heavy atom. The summed E-state index contributed by atoms with van der Waals surface area (Å²) in [7, 11) is 0. The van der Waals surface area contributed by atoms with Crippen LogP contribution in [-0.4, -0.2) is 5.91 Å². The van der Waals surface area contributed by atoms with Crippen LogP contribution in [-0.2, 0) is 4.79 Å². The topological polar surface area (TPSA) is 29.1 Å². The number of anilines is 1. The van der Waals surface area contributed by atoms with E-state index in [-0.39, 0.29) is 11.8 Å². The molecule has 0 unspecified atom stereocenters. The number of carbonyl (C=O) groups excluding carboxylic acids is 1. The Morgan fingerprint density at radius 2 is 2.00 bits per heavy atom. The highest BCUT2D eigenvalue weighted by atomic mass is 79.9. The summed E-state index contributed by atoms with van der Waals surface area (Å²) < 4.78 is 1.07. The molecule has 3 heteroatoms. The number of amides is 1. The number of carbonyl (C=O) groups is 1. The molecule has 2 nitrogen and oxygen atoms in total. The number of nitrogens with one attached hydrogen (secondary N) is 1. The highest BCUT2D eigenvalue weighted by Gasteiger charge is 2.07. The van der Waals surface area contributed by atoms with Gasteiger partial charge in [0.2, 0.25) is 5.91 Å². The van der Waals surface area contributed by atoms with Crippen LogP contribution in [0.2, 0.25) is 0 Å². The van der Waals surface area contributed by atoms with Gasteiger partial charge in [-0.2, -0.15) is 0 Å². The van der Waals surface area contributed by atoms with Gasteiger partial charge in [-0.05, 0) is 29.0 Å². The minimum absolute atomic E-state index is 0.00629.